The van der Waals surface area contributed by atoms with Crippen molar-refractivity contribution in [3.05, 3.63) is 0 Å². The van der Waals surface area contributed by atoms with Gasteiger partial charge in [0.15, 0.2) is 0 Å². The fraction of sp³-hybridized carbons (Fsp3) is 0.857. The predicted molar refractivity (Wildman–Crippen MR) is 73.3 cm³/mol. The summed E-state index contributed by atoms with van der Waals surface area (Å²) in [5.41, 5.74) is 0. The van der Waals surface area contributed by atoms with Crippen molar-refractivity contribution in [2.24, 2.45) is 11.8 Å². The molecule has 0 radical (unpaired) electrons. The van der Waals surface area contributed by atoms with Gasteiger partial charge in [0.25, 0.3) is 0 Å². The smallest absolute Gasteiger partial charge is 0.326 e. The molecule has 114 valence electrons. The van der Waals surface area contributed by atoms with Crippen molar-refractivity contribution in [2.75, 3.05) is 13.1 Å². The Hall–Kier alpha value is -1.30. The van der Waals surface area contributed by atoms with Gasteiger partial charge in [0.2, 0.25) is 0 Å². The maximum absolute atomic E-state index is 12.1. The Kier molecular flexibility index (Phi) is 4.86. The van der Waals surface area contributed by atoms with E-state index in [0.717, 1.165) is 6.42 Å². The fourth-order valence-electron chi connectivity index (χ4n) is 3.29. The molecule has 2 amide bonds. The Morgan fingerprint density at radius 2 is 2.00 bits per heavy atom. The Morgan fingerprint density at radius 1 is 1.30 bits per heavy atom. The van der Waals surface area contributed by atoms with Crippen molar-refractivity contribution >= 4 is 12.0 Å². The third-order valence-electron chi connectivity index (χ3n) is 4.63. The Labute approximate surface area is 119 Å². The number of β-amino-alcohol motifs (C(OH)–C–C–N with tert-alkyl or cyclic N) is 1. The molecule has 3 N–H and O–H groups in total. The molecule has 0 bridgehead atoms. The first-order chi connectivity index (χ1) is 9.49. The summed E-state index contributed by atoms with van der Waals surface area (Å²) in [5, 5.41) is 21.5. The first-order valence-electron chi connectivity index (χ1n) is 7.44. The molecule has 6 nitrogen and oxygen atoms in total. The molecule has 2 rings (SSSR count). The molecular weight excluding hydrogens is 260 g/mol. The van der Waals surface area contributed by atoms with Gasteiger partial charge >= 0.3 is 12.0 Å². The van der Waals surface area contributed by atoms with Crippen LogP contribution in [0.3, 0.4) is 0 Å². The van der Waals surface area contributed by atoms with Crippen LogP contribution in [0.15, 0.2) is 0 Å². The van der Waals surface area contributed by atoms with Crippen LogP contribution in [0.1, 0.15) is 39.0 Å². The second-order valence-electron chi connectivity index (χ2n) is 6.10. The molecular formula is C14H24N2O4. The van der Waals surface area contributed by atoms with Crippen LogP contribution in [0.4, 0.5) is 4.79 Å². The second-order valence-corrected chi connectivity index (χ2v) is 6.10. The van der Waals surface area contributed by atoms with Crippen LogP contribution in [0.2, 0.25) is 0 Å². The Bertz CT molecular complexity index is 374. The number of aliphatic carboxylic acids is 1. The molecule has 1 heterocycles. The van der Waals surface area contributed by atoms with Crippen molar-refractivity contribution in [3.63, 3.8) is 0 Å². The van der Waals surface area contributed by atoms with Crippen LogP contribution in [0.25, 0.3) is 0 Å². The topological polar surface area (TPSA) is 89.9 Å². The average Bonchev–Trinajstić information content (AvgIpc) is 2.80. The lowest BCUT2D eigenvalue weighted by atomic mass is 9.80. The monoisotopic (exact) mass is 284 g/mol. The van der Waals surface area contributed by atoms with E-state index in [4.69, 9.17) is 5.11 Å². The van der Waals surface area contributed by atoms with Gasteiger partial charge in [-0.05, 0) is 18.3 Å². The third-order valence-corrected chi connectivity index (χ3v) is 4.63. The van der Waals surface area contributed by atoms with Crippen molar-refractivity contribution in [1.82, 2.24) is 10.2 Å². The second kappa shape index (κ2) is 6.43. The number of urea groups is 1. The molecule has 1 aliphatic carbocycles. The number of rotatable bonds is 3. The summed E-state index contributed by atoms with van der Waals surface area (Å²) < 4.78 is 0. The summed E-state index contributed by atoms with van der Waals surface area (Å²) in [6, 6.07) is -1.28. The molecule has 1 saturated carbocycles. The normalized spacial score (nSPS) is 34.0. The Balaban J connectivity index is 1.86. The quantitative estimate of drug-likeness (QED) is 0.722. The molecule has 1 aliphatic heterocycles. The molecule has 6 heteroatoms. The van der Waals surface area contributed by atoms with Gasteiger partial charge in [0, 0.05) is 19.5 Å². The highest BCUT2D eigenvalue weighted by Gasteiger charge is 2.39. The van der Waals surface area contributed by atoms with Gasteiger partial charge in [-0.15, -0.1) is 0 Å². The van der Waals surface area contributed by atoms with Crippen LogP contribution in [0, 0.1) is 11.8 Å². The maximum Gasteiger partial charge on any atom is 0.326 e. The average molecular weight is 284 g/mol. The number of carbonyl (C=O) groups excluding carboxylic acids is 1. The summed E-state index contributed by atoms with van der Waals surface area (Å²) >= 11 is 0. The van der Waals surface area contributed by atoms with Crippen LogP contribution >= 0.6 is 0 Å². The van der Waals surface area contributed by atoms with Gasteiger partial charge in [-0.1, -0.05) is 26.2 Å². The number of nitrogens with one attached hydrogen (secondary N) is 1. The highest BCUT2D eigenvalue weighted by Crippen LogP contribution is 2.29. The molecule has 2 fully saturated rings. The number of nitrogens with zero attached hydrogens (tertiary/aromatic N) is 1. The molecule has 0 aromatic heterocycles. The maximum atomic E-state index is 12.1. The minimum absolute atomic E-state index is 0.100. The molecule has 2 aliphatic rings. The molecule has 20 heavy (non-hydrogen) atoms. The molecule has 0 spiro atoms. The van der Waals surface area contributed by atoms with Crippen molar-refractivity contribution in [2.45, 2.75) is 51.2 Å². The summed E-state index contributed by atoms with van der Waals surface area (Å²) in [6.07, 6.45) is 4.14. The molecule has 2 unspecified atom stereocenters. The summed E-state index contributed by atoms with van der Waals surface area (Å²) in [7, 11) is 0. The summed E-state index contributed by atoms with van der Waals surface area (Å²) in [6.45, 7) is 2.90. The third kappa shape index (κ3) is 3.42. The molecule has 0 aromatic carbocycles. The zero-order valence-corrected chi connectivity index (χ0v) is 11.9. The number of aliphatic hydroxyl groups excluding tert-OH is 1. The number of hydrogen-bond acceptors (Lipinski definition) is 3. The highest BCUT2D eigenvalue weighted by molar-refractivity contribution is 5.83. The van der Waals surface area contributed by atoms with Crippen LogP contribution < -0.4 is 5.32 Å². The zero-order chi connectivity index (χ0) is 14.7. The first-order valence-corrected chi connectivity index (χ1v) is 7.44. The lowest BCUT2D eigenvalue weighted by Crippen LogP contribution is -2.47. The molecule has 0 aromatic rings. The highest BCUT2D eigenvalue weighted by atomic mass is 16.4. The van der Waals surface area contributed by atoms with Gasteiger partial charge < -0.3 is 20.4 Å². The lowest BCUT2D eigenvalue weighted by Gasteiger charge is -2.30. The molecule has 1 saturated heterocycles. The number of aliphatic hydroxyl groups is 1. The van der Waals surface area contributed by atoms with Gasteiger partial charge in [-0.2, -0.15) is 0 Å². The van der Waals surface area contributed by atoms with Gasteiger partial charge in [0.1, 0.15) is 6.04 Å². The largest absolute Gasteiger partial charge is 0.480 e. The van der Waals surface area contributed by atoms with E-state index in [1.165, 1.54) is 24.2 Å². The van der Waals surface area contributed by atoms with E-state index in [1.54, 1.807) is 0 Å². The number of carbonyl (C=O) groups is 2. The van der Waals surface area contributed by atoms with Crippen molar-refractivity contribution < 1.29 is 19.8 Å². The number of carboxylic acid groups (broad SMARTS) is 1. The lowest BCUT2D eigenvalue weighted by molar-refractivity contribution is -0.141. The van der Waals surface area contributed by atoms with E-state index in [9.17, 15) is 14.7 Å². The van der Waals surface area contributed by atoms with E-state index >= 15 is 0 Å². The van der Waals surface area contributed by atoms with E-state index in [1.807, 2.05) is 0 Å². The van der Waals surface area contributed by atoms with Crippen molar-refractivity contribution in [3.8, 4) is 0 Å². The van der Waals surface area contributed by atoms with Crippen molar-refractivity contribution in [1.29, 1.82) is 0 Å². The van der Waals surface area contributed by atoms with Crippen LogP contribution in [-0.4, -0.2) is 52.3 Å². The van der Waals surface area contributed by atoms with E-state index in [-0.39, 0.29) is 19.0 Å². The minimum Gasteiger partial charge on any atom is -0.480 e. The predicted octanol–water partition coefficient (Wildman–Crippen LogP) is 1.04. The Morgan fingerprint density at radius 3 is 2.65 bits per heavy atom. The summed E-state index contributed by atoms with van der Waals surface area (Å²) in [5.74, 6) is 0.0229. The van der Waals surface area contributed by atoms with E-state index < -0.39 is 18.1 Å². The first kappa shape index (κ1) is 15.1. The minimum atomic E-state index is -1.05. The number of carboxylic acids is 1. The standard InChI is InChI=1S/C14H24N2O4/c1-9-4-2-3-5-10(9)7-15-14(20)16-8-11(17)6-12(16)13(18)19/h9-12,17H,2-8H2,1H3,(H,15,20)(H,18,19)/t9?,10?,11-,12-/m0/s1. The molecule has 4 atom stereocenters. The SMILES string of the molecule is CC1CCCCC1CNC(=O)N1C[C@@H](O)C[C@H]1C(=O)O. The van der Waals surface area contributed by atoms with Gasteiger partial charge in [-0.25, -0.2) is 9.59 Å². The summed E-state index contributed by atoms with van der Waals surface area (Å²) in [4.78, 5) is 24.4. The van der Waals surface area contributed by atoms with Crippen LogP contribution in [-0.2, 0) is 4.79 Å². The number of hydrogen-bond donors (Lipinski definition) is 3. The van der Waals surface area contributed by atoms with Gasteiger partial charge in [0.05, 0.1) is 6.10 Å². The van der Waals surface area contributed by atoms with Gasteiger partial charge in [-0.3, -0.25) is 0 Å². The van der Waals surface area contributed by atoms with E-state index in [2.05, 4.69) is 12.2 Å². The fourth-order valence-corrected chi connectivity index (χ4v) is 3.29. The zero-order valence-electron chi connectivity index (χ0n) is 11.9. The number of amides is 2. The number of likely N-dealkylation sites (tertiary alicyclic amines) is 1. The van der Waals surface area contributed by atoms with E-state index in [0.29, 0.717) is 18.4 Å². The van der Waals surface area contributed by atoms with Crippen LogP contribution in [0.5, 0.6) is 0 Å².